The van der Waals surface area contributed by atoms with Crippen molar-refractivity contribution in [2.75, 3.05) is 6.61 Å². The largest absolute Gasteiger partial charge is 0.480 e. The van der Waals surface area contributed by atoms with Gasteiger partial charge in [0, 0.05) is 5.02 Å². The fourth-order valence-electron chi connectivity index (χ4n) is 1.99. The summed E-state index contributed by atoms with van der Waals surface area (Å²) in [5.74, 6) is 0.428. The van der Waals surface area contributed by atoms with Gasteiger partial charge in [0.05, 0.1) is 16.1 Å². The quantitative estimate of drug-likeness (QED) is 0.706. The van der Waals surface area contributed by atoms with Crippen LogP contribution < -0.4 is 4.74 Å². The summed E-state index contributed by atoms with van der Waals surface area (Å²) in [5, 5.41) is 0.831. The summed E-state index contributed by atoms with van der Waals surface area (Å²) < 4.78 is 10.4. The minimum atomic E-state index is -0.517. The van der Waals surface area contributed by atoms with E-state index in [1.165, 1.54) is 6.07 Å². The Morgan fingerprint density at radius 1 is 1.17 bits per heavy atom. The van der Waals surface area contributed by atoms with Gasteiger partial charge in [0.2, 0.25) is 0 Å². The van der Waals surface area contributed by atoms with Gasteiger partial charge in [-0.25, -0.2) is 9.78 Å². The molecule has 0 atom stereocenters. The predicted molar refractivity (Wildman–Crippen MR) is 87.8 cm³/mol. The molecule has 0 saturated carbocycles. The van der Waals surface area contributed by atoms with Crippen molar-refractivity contribution in [1.29, 1.82) is 0 Å². The highest BCUT2D eigenvalue weighted by Gasteiger charge is 2.09. The van der Waals surface area contributed by atoms with Gasteiger partial charge >= 0.3 is 5.97 Å². The Labute approximate surface area is 142 Å². The second-order valence-corrected chi connectivity index (χ2v) is 5.57. The molecule has 23 heavy (non-hydrogen) atoms. The molecule has 0 saturated heterocycles. The van der Waals surface area contributed by atoms with Gasteiger partial charge in [-0.2, -0.15) is 0 Å². The molecular formula is C16H12Cl2N2O3. The molecule has 1 aromatic heterocycles. The molecule has 0 spiro atoms. The molecule has 3 aromatic rings. The molecule has 118 valence electrons. The second-order valence-electron chi connectivity index (χ2n) is 4.72. The van der Waals surface area contributed by atoms with Gasteiger partial charge in [-0.05, 0) is 30.3 Å². The zero-order valence-corrected chi connectivity index (χ0v) is 13.4. The van der Waals surface area contributed by atoms with Gasteiger partial charge in [-0.1, -0.05) is 35.3 Å². The van der Waals surface area contributed by atoms with Crippen LogP contribution in [0.3, 0.4) is 0 Å². The topological polar surface area (TPSA) is 64.2 Å². The van der Waals surface area contributed by atoms with Gasteiger partial charge in [0.15, 0.2) is 6.61 Å². The van der Waals surface area contributed by atoms with Gasteiger partial charge in [-0.15, -0.1) is 0 Å². The molecule has 0 bridgehead atoms. The van der Waals surface area contributed by atoms with E-state index in [1.54, 1.807) is 12.1 Å². The number of H-pyrrole nitrogens is 1. The van der Waals surface area contributed by atoms with Gasteiger partial charge in [0.1, 0.15) is 18.2 Å². The number of fused-ring (bicyclic) bond motifs is 1. The number of hydrogen-bond donors (Lipinski definition) is 1. The number of benzene rings is 2. The number of aromatic nitrogens is 2. The van der Waals surface area contributed by atoms with Crippen LogP contribution >= 0.6 is 23.2 Å². The van der Waals surface area contributed by atoms with Crippen LogP contribution in [0.15, 0.2) is 42.5 Å². The molecule has 0 amide bonds. The van der Waals surface area contributed by atoms with E-state index >= 15 is 0 Å². The molecule has 1 N–H and O–H groups in total. The highest BCUT2D eigenvalue weighted by atomic mass is 35.5. The first-order chi connectivity index (χ1) is 11.1. The third-order valence-electron chi connectivity index (χ3n) is 3.05. The molecule has 0 aliphatic rings. The minimum absolute atomic E-state index is 0.0468. The number of halogens is 2. The van der Waals surface area contributed by atoms with Crippen LogP contribution in [0.25, 0.3) is 11.0 Å². The number of hydrogen-bond acceptors (Lipinski definition) is 4. The highest BCUT2D eigenvalue weighted by Crippen LogP contribution is 2.27. The highest BCUT2D eigenvalue weighted by molar-refractivity contribution is 6.35. The monoisotopic (exact) mass is 350 g/mol. The van der Waals surface area contributed by atoms with Crippen LogP contribution in [0, 0.1) is 0 Å². The van der Waals surface area contributed by atoms with E-state index in [4.69, 9.17) is 32.7 Å². The van der Waals surface area contributed by atoms with Crippen molar-refractivity contribution in [3.8, 4) is 5.75 Å². The number of nitrogens with one attached hydrogen (secondary N) is 1. The molecule has 5 nitrogen and oxygen atoms in total. The first-order valence-corrected chi connectivity index (χ1v) is 7.54. The molecule has 0 aliphatic heterocycles. The molecule has 1 heterocycles. The van der Waals surface area contributed by atoms with E-state index in [2.05, 4.69) is 9.97 Å². The van der Waals surface area contributed by atoms with Crippen molar-refractivity contribution < 1.29 is 14.3 Å². The van der Waals surface area contributed by atoms with Crippen LogP contribution in [0.1, 0.15) is 5.82 Å². The number of aromatic amines is 1. The third-order valence-corrected chi connectivity index (χ3v) is 3.58. The lowest BCUT2D eigenvalue weighted by molar-refractivity contribution is -0.147. The number of carbonyl (C=O) groups excluding carboxylic acids is 1. The summed E-state index contributed by atoms with van der Waals surface area (Å²) in [6, 6.07) is 12.3. The van der Waals surface area contributed by atoms with E-state index in [0.29, 0.717) is 21.6 Å². The number of para-hydroxylation sites is 2. The average Bonchev–Trinajstić information content (AvgIpc) is 2.95. The van der Waals surface area contributed by atoms with Crippen molar-refractivity contribution in [2.24, 2.45) is 0 Å². The van der Waals surface area contributed by atoms with Crippen molar-refractivity contribution in [3.05, 3.63) is 58.3 Å². The summed E-state index contributed by atoms with van der Waals surface area (Å²) in [6.45, 7) is -0.202. The lowest BCUT2D eigenvalue weighted by atomic mass is 10.3. The van der Waals surface area contributed by atoms with Crippen molar-refractivity contribution >= 4 is 40.2 Å². The van der Waals surface area contributed by atoms with Crippen LogP contribution in [-0.4, -0.2) is 22.5 Å². The number of imidazole rings is 1. The Balaban J connectivity index is 1.53. The van der Waals surface area contributed by atoms with Crippen molar-refractivity contribution in [1.82, 2.24) is 9.97 Å². The lowest BCUT2D eigenvalue weighted by Crippen LogP contribution is -2.15. The fourth-order valence-corrected chi connectivity index (χ4v) is 2.46. The zero-order valence-electron chi connectivity index (χ0n) is 11.9. The van der Waals surface area contributed by atoms with E-state index in [1.807, 2.05) is 24.3 Å². The average molecular weight is 351 g/mol. The van der Waals surface area contributed by atoms with E-state index in [9.17, 15) is 4.79 Å². The summed E-state index contributed by atoms with van der Waals surface area (Å²) in [5.41, 5.74) is 1.71. The zero-order chi connectivity index (χ0) is 16.2. The van der Waals surface area contributed by atoms with E-state index in [0.717, 1.165) is 11.0 Å². The standard InChI is InChI=1S/C16H12Cl2N2O3/c17-10-5-6-14(11(18)7-10)22-9-16(21)23-8-15-19-12-3-1-2-4-13(12)20-15/h1-7H,8-9H2,(H,19,20). The summed E-state index contributed by atoms with van der Waals surface area (Å²) >= 11 is 11.7. The Hall–Kier alpha value is -2.24. The smallest absolute Gasteiger partial charge is 0.344 e. The number of esters is 1. The summed E-state index contributed by atoms with van der Waals surface area (Å²) in [7, 11) is 0. The SMILES string of the molecule is O=C(COc1ccc(Cl)cc1Cl)OCc1nc2ccccc2[nH]1. The van der Waals surface area contributed by atoms with Gasteiger partial charge in [0.25, 0.3) is 0 Å². The molecule has 2 aromatic carbocycles. The number of carbonyl (C=O) groups is 1. The summed E-state index contributed by atoms with van der Waals surface area (Å²) in [4.78, 5) is 19.1. The van der Waals surface area contributed by atoms with E-state index in [-0.39, 0.29) is 13.2 Å². The minimum Gasteiger partial charge on any atom is -0.480 e. The molecule has 3 rings (SSSR count). The lowest BCUT2D eigenvalue weighted by Gasteiger charge is -2.07. The maximum atomic E-state index is 11.7. The molecule has 0 unspecified atom stereocenters. The van der Waals surface area contributed by atoms with Crippen LogP contribution in [0.2, 0.25) is 10.0 Å². The maximum absolute atomic E-state index is 11.7. The van der Waals surface area contributed by atoms with Crippen LogP contribution in [-0.2, 0) is 16.1 Å². The first-order valence-electron chi connectivity index (χ1n) is 6.79. The fraction of sp³-hybridized carbons (Fsp3) is 0.125. The number of rotatable bonds is 5. The van der Waals surface area contributed by atoms with Gasteiger partial charge in [-0.3, -0.25) is 0 Å². The van der Waals surface area contributed by atoms with Crippen LogP contribution in [0.5, 0.6) is 5.75 Å². The van der Waals surface area contributed by atoms with Crippen molar-refractivity contribution in [2.45, 2.75) is 6.61 Å². The van der Waals surface area contributed by atoms with Gasteiger partial charge < -0.3 is 14.5 Å². The molecule has 0 aliphatic carbocycles. The Bertz CT molecular complexity index is 815. The molecular weight excluding hydrogens is 339 g/mol. The number of nitrogens with zero attached hydrogens (tertiary/aromatic N) is 1. The second kappa shape index (κ2) is 6.89. The predicted octanol–water partition coefficient (Wildman–Crippen LogP) is 3.99. The third kappa shape index (κ3) is 3.94. The summed E-state index contributed by atoms with van der Waals surface area (Å²) in [6.07, 6.45) is 0. The molecule has 0 radical (unpaired) electrons. The Morgan fingerprint density at radius 3 is 2.78 bits per heavy atom. The Morgan fingerprint density at radius 2 is 2.00 bits per heavy atom. The molecule has 7 heteroatoms. The normalized spacial score (nSPS) is 10.7. The van der Waals surface area contributed by atoms with Crippen molar-refractivity contribution in [3.63, 3.8) is 0 Å². The van der Waals surface area contributed by atoms with Crippen LogP contribution in [0.4, 0.5) is 0 Å². The number of ether oxygens (including phenoxy) is 2. The Kier molecular flexibility index (Phi) is 4.69. The first kappa shape index (κ1) is 15.6. The molecule has 0 fully saturated rings. The van der Waals surface area contributed by atoms with E-state index < -0.39 is 5.97 Å². The maximum Gasteiger partial charge on any atom is 0.344 e.